The van der Waals surface area contributed by atoms with E-state index in [1.807, 2.05) is 0 Å². The Hall–Kier alpha value is -2.85. The molecular formula is C15H18F3N7O. The van der Waals surface area contributed by atoms with E-state index in [9.17, 15) is 18.0 Å². The van der Waals surface area contributed by atoms with E-state index in [2.05, 4.69) is 25.7 Å². The summed E-state index contributed by atoms with van der Waals surface area (Å²) in [7, 11) is 1.70. The van der Waals surface area contributed by atoms with Crippen molar-refractivity contribution in [1.82, 2.24) is 19.7 Å². The molecule has 0 radical (unpaired) electrons. The number of hydrogen-bond donors (Lipinski definition) is 3. The molecule has 0 aromatic carbocycles. The number of anilines is 3. The third-order valence-electron chi connectivity index (χ3n) is 4.26. The molecule has 0 spiro atoms. The summed E-state index contributed by atoms with van der Waals surface area (Å²) < 4.78 is 41.4. The topological polar surface area (TPSA) is 111 Å². The minimum atomic E-state index is -4.63. The number of primary amides is 1. The van der Waals surface area contributed by atoms with Crippen LogP contribution in [0, 0.1) is 5.92 Å². The first-order chi connectivity index (χ1) is 12.2. The number of alkyl halides is 3. The first kappa shape index (κ1) is 18.0. The number of nitrogens with two attached hydrogens (primary N) is 1. The van der Waals surface area contributed by atoms with Gasteiger partial charge in [0, 0.05) is 25.5 Å². The Morgan fingerprint density at radius 1 is 1.35 bits per heavy atom. The van der Waals surface area contributed by atoms with Crippen LogP contribution >= 0.6 is 0 Å². The second-order valence-electron chi connectivity index (χ2n) is 6.17. The lowest BCUT2D eigenvalue weighted by Crippen LogP contribution is -2.35. The highest BCUT2D eigenvalue weighted by Crippen LogP contribution is 2.36. The Kier molecular flexibility index (Phi) is 4.70. The summed E-state index contributed by atoms with van der Waals surface area (Å²) in [6.07, 6.45) is 1.000. The highest BCUT2D eigenvalue weighted by molar-refractivity contribution is 5.78. The van der Waals surface area contributed by atoms with Crippen LogP contribution < -0.4 is 16.4 Å². The molecule has 1 aliphatic carbocycles. The molecule has 2 heterocycles. The fourth-order valence-corrected chi connectivity index (χ4v) is 3.02. The van der Waals surface area contributed by atoms with Gasteiger partial charge in [-0.3, -0.25) is 9.48 Å². The van der Waals surface area contributed by atoms with E-state index in [1.54, 1.807) is 13.2 Å². The van der Waals surface area contributed by atoms with Crippen LogP contribution in [0.3, 0.4) is 0 Å². The van der Waals surface area contributed by atoms with Gasteiger partial charge in [0.15, 0.2) is 0 Å². The lowest BCUT2D eigenvalue weighted by atomic mass is 10.0. The van der Waals surface area contributed by atoms with Gasteiger partial charge in [0.25, 0.3) is 0 Å². The number of aryl methyl sites for hydroxylation is 1. The Morgan fingerprint density at radius 3 is 2.73 bits per heavy atom. The third kappa shape index (κ3) is 3.86. The summed E-state index contributed by atoms with van der Waals surface area (Å²) in [6.45, 7) is 0. The van der Waals surface area contributed by atoms with Crippen molar-refractivity contribution in [2.45, 2.75) is 31.5 Å². The average Bonchev–Trinajstić information content (AvgIpc) is 3.15. The van der Waals surface area contributed by atoms with Gasteiger partial charge in [-0.15, -0.1) is 0 Å². The molecule has 0 saturated heterocycles. The molecule has 0 aliphatic heterocycles. The Labute approximate surface area is 147 Å². The van der Waals surface area contributed by atoms with Crippen LogP contribution in [-0.2, 0) is 18.0 Å². The Bertz CT molecular complexity index is 805. The lowest BCUT2D eigenvalue weighted by Gasteiger charge is -2.21. The molecule has 2 atom stereocenters. The van der Waals surface area contributed by atoms with Crippen LogP contribution in [0.2, 0.25) is 0 Å². The summed E-state index contributed by atoms with van der Waals surface area (Å²) in [5.74, 6) is -1.45. The van der Waals surface area contributed by atoms with Crippen molar-refractivity contribution >= 4 is 23.4 Å². The summed E-state index contributed by atoms with van der Waals surface area (Å²) in [5.41, 5.74) is 4.88. The maximum absolute atomic E-state index is 13.3. The van der Waals surface area contributed by atoms with Crippen molar-refractivity contribution in [2.24, 2.45) is 18.7 Å². The maximum Gasteiger partial charge on any atom is 0.421 e. The van der Waals surface area contributed by atoms with Gasteiger partial charge in [-0.25, -0.2) is 4.98 Å². The number of nitrogens with one attached hydrogen (secondary N) is 2. The van der Waals surface area contributed by atoms with Crippen LogP contribution in [0.1, 0.15) is 24.8 Å². The number of carbonyl (C=O) groups is 1. The number of rotatable bonds is 5. The van der Waals surface area contributed by atoms with Crippen molar-refractivity contribution < 1.29 is 18.0 Å². The van der Waals surface area contributed by atoms with E-state index >= 15 is 0 Å². The van der Waals surface area contributed by atoms with Crippen LogP contribution in [0.4, 0.5) is 30.6 Å². The van der Waals surface area contributed by atoms with E-state index in [4.69, 9.17) is 5.73 Å². The fourth-order valence-electron chi connectivity index (χ4n) is 3.02. The average molecular weight is 369 g/mol. The molecule has 2 aromatic heterocycles. The van der Waals surface area contributed by atoms with Crippen LogP contribution in [-0.4, -0.2) is 31.7 Å². The number of halogens is 3. The summed E-state index contributed by atoms with van der Waals surface area (Å²) >= 11 is 0. The first-order valence-corrected chi connectivity index (χ1v) is 8.00. The standard InChI is InChI=1S/C15H18F3N7O/c1-25-7-8(5-21-25)22-14-20-6-10(15(16,17)18)13(24-14)23-11-4-2-3-9(11)12(19)26/h5-7,9,11H,2-4H2,1H3,(H2,19,26)(H2,20,22,23,24)/t9-,11+/m0/s1. The van der Waals surface area contributed by atoms with Gasteiger partial charge in [0.1, 0.15) is 11.4 Å². The van der Waals surface area contributed by atoms with Gasteiger partial charge in [-0.1, -0.05) is 6.42 Å². The van der Waals surface area contributed by atoms with Crippen molar-refractivity contribution in [1.29, 1.82) is 0 Å². The minimum absolute atomic E-state index is 0.0119. The third-order valence-corrected chi connectivity index (χ3v) is 4.26. The number of amides is 1. The summed E-state index contributed by atoms with van der Waals surface area (Å²) in [5, 5.41) is 9.50. The second kappa shape index (κ2) is 6.81. The molecule has 0 bridgehead atoms. The first-order valence-electron chi connectivity index (χ1n) is 8.00. The monoisotopic (exact) mass is 369 g/mol. The fraction of sp³-hybridized carbons (Fsp3) is 0.467. The second-order valence-corrected chi connectivity index (χ2v) is 6.17. The molecule has 1 amide bonds. The predicted molar refractivity (Wildman–Crippen MR) is 87.5 cm³/mol. The highest BCUT2D eigenvalue weighted by atomic mass is 19.4. The quantitative estimate of drug-likeness (QED) is 0.744. The van der Waals surface area contributed by atoms with Gasteiger partial charge >= 0.3 is 6.18 Å². The number of carbonyl (C=O) groups excluding carboxylic acids is 1. The zero-order valence-corrected chi connectivity index (χ0v) is 13.9. The SMILES string of the molecule is Cn1cc(Nc2ncc(C(F)(F)F)c(N[C@@H]3CCC[C@@H]3C(N)=O)n2)cn1. The number of hydrogen-bond acceptors (Lipinski definition) is 6. The van der Waals surface area contributed by atoms with E-state index in [0.29, 0.717) is 31.1 Å². The Balaban J connectivity index is 1.89. The maximum atomic E-state index is 13.3. The normalized spacial score (nSPS) is 20.2. The van der Waals surface area contributed by atoms with Crippen molar-refractivity contribution in [2.75, 3.05) is 10.6 Å². The molecule has 2 aromatic rings. The van der Waals surface area contributed by atoms with Gasteiger partial charge in [0.05, 0.1) is 17.8 Å². The van der Waals surface area contributed by atoms with Gasteiger partial charge in [-0.2, -0.15) is 23.3 Å². The van der Waals surface area contributed by atoms with Crippen LogP contribution in [0.5, 0.6) is 0 Å². The largest absolute Gasteiger partial charge is 0.421 e. The number of aromatic nitrogens is 4. The van der Waals surface area contributed by atoms with E-state index in [1.165, 1.54) is 10.9 Å². The summed E-state index contributed by atoms with van der Waals surface area (Å²) in [4.78, 5) is 19.2. The van der Waals surface area contributed by atoms with E-state index in [-0.39, 0.29) is 11.8 Å². The molecule has 26 heavy (non-hydrogen) atoms. The minimum Gasteiger partial charge on any atom is -0.369 e. The van der Waals surface area contributed by atoms with Gasteiger partial charge < -0.3 is 16.4 Å². The van der Waals surface area contributed by atoms with Crippen LogP contribution in [0.15, 0.2) is 18.6 Å². The molecule has 1 aliphatic rings. The zero-order chi connectivity index (χ0) is 18.9. The molecule has 11 heteroatoms. The van der Waals surface area contributed by atoms with Gasteiger partial charge in [-0.05, 0) is 12.8 Å². The highest BCUT2D eigenvalue weighted by Gasteiger charge is 2.38. The lowest BCUT2D eigenvalue weighted by molar-refractivity contribution is -0.137. The molecule has 8 nitrogen and oxygen atoms in total. The van der Waals surface area contributed by atoms with Crippen molar-refractivity contribution in [3.8, 4) is 0 Å². The van der Waals surface area contributed by atoms with Crippen molar-refractivity contribution in [3.05, 3.63) is 24.2 Å². The molecular weight excluding hydrogens is 351 g/mol. The number of nitrogens with zero attached hydrogens (tertiary/aromatic N) is 4. The molecule has 4 N–H and O–H groups in total. The van der Waals surface area contributed by atoms with E-state index < -0.39 is 29.6 Å². The molecule has 3 rings (SSSR count). The van der Waals surface area contributed by atoms with E-state index in [0.717, 1.165) is 0 Å². The van der Waals surface area contributed by atoms with Crippen LogP contribution in [0.25, 0.3) is 0 Å². The molecule has 1 saturated carbocycles. The van der Waals surface area contributed by atoms with Crippen molar-refractivity contribution in [3.63, 3.8) is 0 Å². The van der Waals surface area contributed by atoms with Gasteiger partial charge in [0.2, 0.25) is 11.9 Å². The zero-order valence-electron chi connectivity index (χ0n) is 13.9. The smallest absolute Gasteiger partial charge is 0.369 e. The summed E-state index contributed by atoms with van der Waals surface area (Å²) in [6, 6.07) is -0.491. The molecule has 1 fully saturated rings. The predicted octanol–water partition coefficient (Wildman–Crippen LogP) is 2.04. The Morgan fingerprint density at radius 2 is 2.12 bits per heavy atom. The molecule has 140 valence electrons. The molecule has 0 unspecified atom stereocenters.